The molecule has 1 aliphatic heterocycles. The van der Waals surface area contributed by atoms with Crippen LogP contribution in [0.15, 0.2) is 30.3 Å². The summed E-state index contributed by atoms with van der Waals surface area (Å²) in [5, 5.41) is 7.57. The molecule has 28 heavy (non-hydrogen) atoms. The summed E-state index contributed by atoms with van der Waals surface area (Å²) in [7, 11) is 0. The molecule has 0 unspecified atom stereocenters. The minimum absolute atomic E-state index is 0.0603. The van der Waals surface area contributed by atoms with Crippen LogP contribution < -0.4 is 5.32 Å². The number of benzene rings is 1. The summed E-state index contributed by atoms with van der Waals surface area (Å²) in [5.74, 6) is -0.452. The monoisotopic (exact) mass is 384 g/mol. The lowest BCUT2D eigenvalue weighted by Gasteiger charge is -2.35. The van der Waals surface area contributed by atoms with E-state index in [-0.39, 0.29) is 18.4 Å². The van der Waals surface area contributed by atoms with Gasteiger partial charge in [0.1, 0.15) is 11.6 Å². The van der Waals surface area contributed by atoms with Crippen molar-refractivity contribution >= 4 is 11.9 Å². The largest absolute Gasteiger partial charge is 0.459 e. The Hall–Kier alpha value is -2.67. The highest BCUT2D eigenvalue weighted by Crippen LogP contribution is 2.30. The lowest BCUT2D eigenvalue weighted by Crippen LogP contribution is -2.52. The molecule has 0 spiro atoms. The van der Waals surface area contributed by atoms with Crippen LogP contribution in [-0.4, -0.2) is 51.8 Å². The molecule has 1 N–H and O–H groups in total. The summed E-state index contributed by atoms with van der Waals surface area (Å²) in [5.41, 5.74) is 2.88. The van der Waals surface area contributed by atoms with Crippen LogP contribution in [0.1, 0.15) is 43.8 Å². The molecule has 1 aliphatic rings. The maximum absolute atomic E-state index is 12.8. The van der Waals surface area contributed by atoms with Gasteiger partial charge in [-0.25, -0.2) is 4.68 Å². The van der Waals surface area contributed by atoms with E-state index in [4.69, 9.17) is 4.74 Å². The quantitative estimate of drug-likeness (QED) is 0.819. The van der Waals surface area contributed by atoms with Crippen molar-refractivity contribution in [3.05, 3.63) is 47.3 Å². The highest BCUT2D eigenvalue weighted by atomic mass is 16.6. The normalized spacial score (nSPS) is 18.0. The average molecular weight is 384 g/mol. The Labute approximate surface area is 165 Å². The van der Waals surface area contributed by atoms with E-state index in [0.29, 0.717) is 13.1 Å². The third-order valence-corrected chi connectivity index (χ3v) is 4.69. The van der Waals surface area contributed by atoms with Gasteiger partial charge in [-0.3, -0.25) is 14.5 Å². The number of amides is 1. The molecular formula is C21H28N4O3. The minimum atomic E-state index is -0.571. The van der Waals surface area contributed by atoms with Gasteiger partial charge in [0.25, 0.3) is 0 Å². The molecule has 7 heteroatoms. The smallest absolute Gasteiger partial charge is 0.320 e. The Balaban J connectivity index is 1.94. The average Bonchev–Trinajstić information content (AvgIpc) is 2.89. The number of para-hydroxylation sites is 1. The third-order valence-electron chi connectivity index (χ3n) is 4.69. The van der Waals surface area contributed by atoms with Gasteiger partial charge in [0, 0.05) is 24.3 Å². The Morgan fingerprint density at radius 3 is 2.57 bits per heavy atom. The van der Waals surface area contributed by atoms with Gasteiger partial charge >= 0.3 is 5.97 Å². The molecular weight excluding hydrogens is 356 g/mol. The fraction of sp³-hybridized carbons (Fsp3) is 0.476. The summed E-state index contributed by atoms with van der Waals surface area (Å²) in [6.07, 6.45) is 0. The first-order chi connectivity index (χ1) is 13.2. The molecule has 2 heterocycles. The zero-order valence-electron chi connectivity index (χ0n) is 17.2. The van der Waals surface area contributed by atoms with Gasteiger partial charge in [-0.2, -0.15) is 5.10 Å². The highest BCUT2D eigenvalue weighted by Gasteiger charge is 2.37. The Kier molecular flexibility index (Phi) is 5.56. The molecule has 2 aromatic rings. The van der Waals surface area contributed by atoms with Crippen LogP contribution >= 0.6 is 0 Å². The maximum atomic E-state index is 12.8. The van der Waals surface area contributed by atoms with Gasteiger partial charge in [-0.05, 0) is 46.8 Å². The minimum Gasteiger partial charge on any atom is -0.459 e. The predicted molar refractivity (Wildman–Crippen MR) is 106 cm³/mol. The van der Waals surface area contributed by atoms with Crippen molar-refractivity contribution in [1.82, 2.24) is 20.0 Å². The lowest BCUT2D eigenvalue weighted by atomic mass is 10.00. The first-order valence-electron chi connectivity index (χ1n) is 9.52. The van der Waals surface area contributed by atoms with E-state index in [1.807, 2.05) is 74.5 Å². The Bertz CT molecular complexity index is 868. The van der Waals surface area contributed by atoms with E-state index in [1.54, 1.807) is 0 Å². The van der Waals surface area contributed by atoms with Gasteiger partial charge in [-0.15, -0.1) is 0 Å². The van der Waals surface area contributed by atoms with Crippen LogP contribution in [0.2, 0.25) is 0 Å². The van der Waals surface area contributed by atoms with Crippen molar-refractivity contribution in [2.24, 2.45) is 0 Å². The second kappa shape index (κ2) is 7.75. The number of carbonyl (C=O) groups is 2. The fourth-order valence-corrected chi connectivity index (χ4v) is 3.61. The molecule has 0 radical (unpaired) electrons. The first-order valence-corrected chi connectivity index (χ1v) is 9.52. The van der Waals surface area contributed by atoms with E-state index < -0.39 is 11.6 Å². The van der Waals surface area contributed by atoms with Gasteiger partial charge < -0.3 is 10.1 Å². The zero-order valence-corrected chi connectivity index (χ0v) is 17.2. The molecule has 0 bridgehead atoms. The molecule has 0 saturated carbocycles. The number of ether oxygens (including phenoxy) is 1. The number of esters is 1. The summed E-state index contributed by atoms with van der Waals surface area (Å²) in [6, 6.07) is 9.23. The Morgan fingerprint density at radius 1 is 1.25 bits per heavy atom. The first kappa shape index (κ1) is 20.1. The number of aromatic nitrogens is 2. The number of nitrogens with one attached hydrogen (secondary N) is 1. The summed E-state index contributed by atoms with van der Waals surface area (Å²) in [6.45, 7) is 10.5. The van der Waals surface area contributed by atoms with Crippen LogP contribution in [0, 0.1) is 13.8 Å². The predicted octanol–water partition coefficient (Wildman–Crippen LogP) is 2.30. The topological polar surface area (TPSA) is 76.5 Å². The second-order valence-electron chi connectivity index (χ2n) is 8.08. The molecule has 7 nitrogen and oxygen atoms in total. The van der Waals surface area contributed by atoms with E-state index in [2.05, 4.69) is 10.4 Å². The summed E-state index contributed by atoms with van der Waals surface area (Å²) in [4.78, 5) is 27.0. The van der Waals surface area contributed by atoms with Crippen LogP contribution in [-0.2, 0) is 14.3 Å². The molecule has 1 fully saturated rings. The van der Waals surface area contributed by atoms with E-state index in [0.717, 1.165) is 22.6 Å². The number of hydrogen-bond acceptors (Lipinski definition) is 5. The number of nitrogens with zero attached hydrogens (tertiary/aromatic N) is 3. The van der Waals surface area contributed by atoms with Gasteiger partial charge in [-0.1, -0.05) is 18.2 Å². The molecule has 1 amide bonds. The van der Waals surface area contributed by atoms with Crippen molar-refractivity contribution < 1.29 is 14.3 Å². The van der Waals surface area contributed by atoms with Crippen LogP contribution in [0.25, 0.3) is 5.69 Å². The Morgan fingerprint density at radius 2 is 1.93 bits per heavy atom. The molecule has 1 atom stereocenters. The van der Waals surface area contributed by atoms with Gasteiger partial charge in [0.05, 0.1) is 17.9 Å². The van der Waals surface area contributed by atoms with Crippen LogP contribution in [0.5, 0.6) is 0 Å². The third kappa shape index (κ3) is 4.25. The summed E-state index contributed by atoms with van der Waals surface area (Å²) < 4.78 is 7.31. The molecule has 1 aromatic heterocycles. The molecule has 150 valence electrons. The van der Waals surface area contributed by atoms with Crippen LogP contribution in [0.4, 0.5) is 0 Å². The molecule has 0 aliphatic carbocycles. The molecule has 1 saturated heterocycles. The number of rotatable bonds is 4. The maximum Gasteiger partial charge on any atom is 0.320 e. The van der Waals surface area contributed by atoms with Crippen LogP contribution in [0.3, 0.4) is 0 Å². The van der Waals surface area contributed by atoms with E-state index in [9.17, 15) is 9.59 Å². The van der Waals surface area contributed by atoms with Crippen molar-refractivity contribution in [1.29, 1.82) is 0 Å². The second-order valence-corrected chi connectivity index (χ2v) is 8.08. The highest BCUT2D eigenvalue weighted by molar-refractivity contribution is 5.85. The number of piperazine rings is 1. The number of carbonyl (C=O) groups excluding carboxylic acids is 2. The standard InChI is InChI=1S/C21H28N4O3/c1-14-18(15(2)25(23-14)16-9-7-6-8-10-16)19-20(27)22-11-12-24(19)13-17(26)28-21(3,4)5/h6-10,19H,11-13H2,1-5H3,(H,22,27)/t19-/m0/s1. The summed E-state index contributed by atoms with van der Waals surface area (Å²) >= 11 is 0. The number of hydrogen-bond donors (Lipinski definition) is 1. The lowest BCUT2D eigenvalue weighted by molar-refractivity contribution is -0.157. The SMILES string of the molecule is Cc1nn(-c2ccccc2)c(C)c1[C@H]1C(=O)NCCN1CC(=O)OC(C)(C)C. The van der Waals surface area contributed by atoms with Gasteiger partial charge in [0.15, 0.2) is 0 Å². The molecule has 1 aromatic carbocycles. The van der Waals surface area contributed by atoms with Crippen molar-refractivity contribution in [3.8, 4) is 5.69 Å². The zero-order chi connectivity index (χ0) is 20.5. The molecule has 3 rings (SSSR count). The van der Waals surface area contributed by atoms with Crippen molar-refractivity contribution in [2.75, 3.05) is 19.6 Å². The van der Waals surface area contributed by atoms with E-state index >= 15 is 0 Å². The van der Waals surface area contributed by atoms with E-state index in [1.165, 1.54) is 0 Å². The fourth-order valence-electron chi connectivity index (χ4n) is 3.61. The van der Waals surface area contributed by atoms with Crippen molar-refractivity contribution in [2.45, 2.75) is 46.3 Å². The van der Waals surface area contributed by atoms with Gasteiger partial charge in [0.2, 0.25) is 5.91 Å². The van der Waals surface area contributed by atoms with Crippen molar-refractivity contribution in [3.63, 3.8) is 0 Å². The number of aryl methyl sites for hydroxylation is 1.